The number of hydrogen-bond acceptors (Lipinski definition) is 5. The van der Waals surface area contributed by atoms with Gasteiger partial charge in [0.2, 0.25) is 10.0 Å². The highest BCUT2D eigenvalue weighted by atomic mass is 32.2. The van der Waals surface area contributed by atoms with Gasteiger partial charge in [0.15, 0.2) is 4.90 Å². The van der Waals surface area contributed by atoms with Gasteiger partial charge in [-0.2, -0.15) is 0 Å². The average Bonchev–Trinajstić information content (AvgIpc) is 2.36. The molecule has 0 amide bonds. The van der Waals surface area contributed by atoms with Crippen LogP contribution in [-0.4, -0.2) is 25.4 Å². The molecule has 0 saturated carbocycles. The van der Waals surface area contributed by atoms with E-state index in [2.05, 4.69) is 4.72 Å². The first-order valence-electron chi connectivity index (χ1n) is 7.00. The molecule has 7 nitrogen and oxygen atoms in total. The zero-order valence-electron chi connectivity index (χ0n) is 13.3. The van der Waals surface area contributed by atoms with Crippen molar-refractivity contribution in [1.82, 2.24) is 4.72 Å². The maximum Gasteiger partial charge on any atom is 0.289 e. The highest BCUT2D eigenvalue weighted by Crippen LogP contribution is 2.28. The largest absolute Gasteiger partial charge is 0.329 e. The van der Waals surface area contributed by atoms with Gasteiger partial charge in [-0.15, -0.1) is 0 Å². The van der Waals surface area contributed by atoms with E-state index in [1.807, 2.05) is 13.8 Å². The first kappa shape index (κ1) is 18.5. The highest BCUT2D eigenvalue weighted by Gasteiger charge is 2.34. The Morgan fingerprint density at radius 1 is 1.41 bits per heavy atom. The molecule has 8 heteroatoms. The molecule has 0 bridgehead atoms. The molecular formula is C14H23N3O4S. The van der Waals surface area contributed by atoms with Crippen molar-refractivity contribution in [3.63, 3.8) is 0 Å². The number of nitrogens with one attached hydrogen (secondary N) is 1. The summed E-state index contributed by atoms with van der Waals surface area (Å²) in [6.45, 7) is 7.25. The molecule has 0 radical (unpaired) electrons. The number of nitrogens with zero attached hydrogens (tertiary/aromatic N) is 1. The number of benzene rings is 1. The average molecular weight is 329 g/mol. The summed E-state index contributed by atoms with van der Waals surface area (Å²) < 4.78 is 27.9. The van der Waals surface area contributed by atoms with Crippen molar-refractivity contribution < 1.29 is 13.3 Å². The number of rotatable bonds is 7. The monoisotopic (exact) mass is 329 g/mol. The Hall–Kier alpha value is -1.51. The van der Waals surface area contributed by atoms with Gasteiger partial charge in [-0.1, -0.05) is 26.0 Å². The lowest BCUT2D eigenvalue weighted by Crippen LogP contribution is -2.52. The van der Waals surface area contributed by atoms with Gasteiger partial charge in [0.1, 0.15) is 0 Å². The number of aryl methyl sites for hydroxylation is 1. The second-order valence-corrected chi connectivity index (χ2v) is 7.77. The maximum absolute atomic E-state index is 12.7. The Balaban J connectivity index is 3.34. The molecule has 0 heterocycles. The Kier molecular flexibility index (Phi) is 5.66. The predicted octanol–water partition coefficient (Wildman–Crippen LogP) is 1.95. The van der Waals surface area contributed by atoms with E-state index in [0.717, 1.165) is 0 Å². The van der Waals surface area contributed by atoms with E-state index in [4.69, 9.17) is 5.73 Å². The molecule has 0 fully saturated rings. The minimum atomic E-state index is -4.05. The number of nitrogens with two attached hydrogens (primary N) is 1. The summed E-state index contributed by atoms with van der Waals surface area (Å²) >= 11 is 0. The molecule has 0 aromatic heterocycles. The SMILES string of the molecule is Cc1cccc([N+](=O)[O-])c1S(=O)(=O)NC(C)(CN)CC(C)C. The Labute approximate surface area is 131 Å². The van der Waals surface area contributed by atoms with Gasteiger partial charge < -0.3 is 5.73 Å². The Morgan fingerprint density at radius 3 is 2.45 bits per heavy atom. The third-order valence-corrected chi connectivity index (χ3v) is 5.18. The van der Waals surface area contributed by atoms with E-state index < -0.39 is 26.2 Å². The summed E-state index contributed by atoms with van der Waals surface area (Å²) in [6, 6.07) is 4.18. The summed E-state index contributed by atoms with van der Waals surface area (Å²) in [4.78, 5) is 10.1. The van der Waals surface area contributed by atoms with E-state index in [1.54, 1.807) is 6.92 Å². The zero-order valence-corrected chi connectivity index (χ0v) is 14.1. The molecule has 0 aliphatic rings. The van der Waals surface area contributed by atoms with Crippen LogP contribution in [0.25, 0.3) is 0 Å². The molecule has 0 aliphatic heterocycles. The van der Waals surface area contributed by atoms with Crippen molar-refractivity contribution in [3.8, 4) is 0 Å². The molecular weight excluding hydrogens is 306 g/mol. The fourth-order valence-electron chi connectivity index (χ4n) is 2.57. The molecule has 1 rings (SSSR count). The predicted molar refractivity (Wildman–Crippen MR) is 85.1 cm³/mol. The van der Waals surface area contributed by atoms with Gasteiger partial charge in [0.25, 0.3) is 5.69 Å². The Bertz CT molecular complexity index is 658. The molecule has 0 aliphatic carbocycles. The molecule has 0 spiro atoms. The van der Waals surface area contributed by atoms with Crippen LogP contribution in [0.15, 0.2) is 23.1 Å². The lowest BCUT2D eigenvalue weighted by atomic mass is 9.92. The standard InChI is InChI=1S/C14H23N3O4S/c1-10(2)8-14(4,9-15)16-22(20,21)13-11(3)6-5-7-12(13)17(18)19/h5-7,10,16H,8-9,15H2,1-4H3. The summed E-state index contributed by atoms with van der Waals surface area (Å²) in [5.74, 6) is 0.225. The molecule has 1 unspecified atom stereocenters. The second-order valence-electron chi connectivity index (χ2n) is 6.15. The van der Waals surface area contributed by atoms with Crippen LogP contribution < -0.4 is 10.5 Å². The minimum absolute atomic E-state index is 0.101. The minimum Gasteiger partial charge on any atom is -0.329 e. The van der Waals surface area contributed by atoms with Crippen molar-refractivity contribution in [2.75, 3.05) is 6.54 Å². The van der Waals surface area contributed by atoms with Crippen LogP contribution in [-0.2, 0) is 10.0 Å². The van der Waals surface area contributed by atoms with Gasteiger partial charge in [-0.3, -0.25) is 10.1 Å². The van der Waals surface area contributed by atoms with E-state index in [9.17, 15) is 18.5 Å². The van der Waals surface area contributed by atoms with Crippen LogP contribution in [0.2, 0.25) is 0 Å². The van der Waals surface area contributed by atoms with Crippen molar-refractivity contribution in [3.05, 3.63) is 33.9 Å². The van der Waals surface area contributed by atoms with E-state index in [0.29, 0.717) is 12.0 Å². The smallest absolute Gasteiger partial charge is 0.289 e. The van der Waals surface area contributed by atoms with Crippen LogP contribution in [0.3, 0.4) is 0 Å². The molecule has 124 valence electrons. The number of hydrogen-bond donors (Lipinski definition) is 2. The first-order valence-corrected chi connectivity index (χ1v) is 8.49. The fraction of sp³-hybridized carbons (Fsp3) is 0.571. The maximum atomic E-state index is 12.7. The molecule has 22 heavy (non-hydrogen) atoms. The third kappa shape index (κ3) is 4.25. The van der Waals surface area contributed by atoms with Crippen LogP contribution in [0.4, 0.5) is 5.69 Å². The quantitative estimate of drug-likeness (QED) is 0.586. The van der Waals surface area contributed by atoms with Crippen molar-refractivity contribution in [2.24, 2.45) is 11.7 Å². The number of sulfonamides is 1. The molecule has 0 saturated heterocycles. The highest BCUT2D eigenvalue weighted by molar-refractivity contribution is 7.89. The third-order valence-electron chi connectivity index (χ3n) is 3.35. The summed E-state index contributed by atoms with van der Waals surface area (Å²) in [7, 11) is -4.05. The lowest BCUT2D eigenvalue weighted by molar-refractivity contribution is -0.387. The van der Waals surface area contributed by atoms with Crippen LogP contribution in [0.5, 0.6) is 0 Å². The van der Waals surface area contributed by atoms with Crippen LogP contribution in [0.1, 0.15) is 32.8 Å². The van der Waals surface area contributed by atoms with Crippen molar-refractivity contribution >= 4 is 15.7 Å². The zero-order chi connectivity index (χ0) is 17.1. The number of nitro benzene ring substituents is 1. The summed E-state index contributed by atoms with van der Waals surface area (Å²) in [5, 5.41) is 11.1. The van der Waals surface area contributed by atoms with Crippen molar-refractivity contribution in [1.29, 1.82) is 0 Å². The van der Waals surface area contributed by atoms with Crippen LogP contribution in [0, 0.1) is 23.0 Å². The van der Waals surface area contributed by atoms with E-state index in [1.165, 1.54) is 25.1 Å². The van der Waals surface area contributed by atoms with Gasteiger partial charge >= 0.3 is 0 Å². The summed E-state index contributed by atoms with van der Waals surface area (Å²) in [5.41, 5.74) is 4.75. The number of nitro groups is 1. The van der Waals surface area contributed by atoms with Gasteiger partial charge in [0.05, 0.1) is 4.92 Å². The molecule has 1 aromatic rings. The second kappa shape index (κ2) is 6.72. The topological polar surface area (TPSA) is 115 Å². The summed E-state index contributed by atoms with van der Waals surface area (Å²) in [6.07, 6.45) is 0.530. The molecule has 3 N–H and O–H groups in total. The first-order chi connectivity index (χ1) is 10.0. The van der Waals surface area contributed by atoms with Crippen molar-refractivity contribution in [2.45, 2.75) is 44.6 Å². The van der Waals surface area contributed by atoms with Crippen LogP contribution >= 0.6 is 0 Å². The normalized spacial score (nSPS) is 14.8. The van der Waals surface area contributed by atoms with E-state index >= 15 is 0 Å². The molecule has 1 atom stereocenters. The lowest BCUT2D eigenvalue weighted by Gasteiger charge is -2.30. The Morgan fingerprint density at radius 2 is 2.00 bits per heavy atom. The van der Waals surface area contributed by atoms with E-state index in [-0.39, 0.29) is 17.4 Å². The fourth-order valence-corrected chi connectivity index (χ4v) is 4.40. The van der Waals surface area contributed by atoms with Gasteiger partial charge in [-0.05, 0) is 31.7 Å². The van der Waals surface area contributed by atoms with Gasteiger partial charge in [0, 0.05) is 18.2 Å². The molecule has 1 aromatic carbocycles. The van der Waals surface area contributed by atoms with Gasteiger partial charge in [-0.25, -0.2) is 13.1 Å².